The summed E-state index contributed by atoms with van der Waals surface area (Å²) in [6.45, 7) is 1.89. The van der Waals surface area contributed by atoms with Crippen LogP contribution in [0.5, 0.6) is 0 Å². The third-order valence-corrected chi connectivity index (χ3v) is 5.27. The molecule has 1 amide bonds. The maximum Gasteiger partial charge on any atom is 0.237 e. The second-order valence-corrected chi connectivity index (χ2v) is 6.92. The van der Waals surface area contributed by atoms with Gasteiger partial charge in [0.15, 0.2) is 0 Å². The van der Waals surface area contributed by atoms with Crippen molar-refractivity contribution < 1.29 is 9.18 Å². The van der Waals surface area contributed by atoms with E-state index >= 15 is 0 Å². The van der Waals surface area contributed by atoms with Crippen LogP contribution in [0.25, 0.3) is 0 Å². The fraction of sp³-hybridized carbons (Fsp3) is 0.588. The summed E-state index contributed by atoms with van der Waals surface area (Å²) in [5.74, 6) is 0.230. The monoisotopic (exact) mass is 360 g/mol. The zero-order chi connectivity index (χ0) is 15.7. The van der Waals surface area contributed by atoms with Gasteiger partial charge in [0.1, 0.15) is 5.82 Å². The van der Waals surface area contributed by atoms with E-state index in [9.17, 15) is 9.18 Å². The molecule has 6 heteroatoms. The lowest BCUT2D eigenvalue weighted by atomic mass is 9.85. The Balaban J connectivity index is 0.00000192. The van der Waals surface area contributed by atoms with E-state index in [4.69, 9.17) is 11.6 Å². The first-order valence-corrected chi connectivity index (χ1v) is 8.44. The molecule has 1 saturated heterocycles. The Bertz CT molecular complexity index is 556. The lowest BCUT2D eigenvalue weighted by Gasteiger charge is -2.24. The van der Waals surface area contributed by atoms with Crippen LogP contribution in [0, 0.1) is 11.7 Å². The van der Waals surface area contributed by atoms with Crippen LogP contribution in [0.1, 0.15) is 50.6 Å². The zero-order valence-electron chi connectivity index (χ0n) is 13.1. The minimum absolute atomic E-state index is 0. The predicted molar refractivity (Wildman–Crippen MR) is 92.5 cm³/mol. The van der Waals surface area contributed by atoms with E-state index in [1.807, 2.05) is 6.92 Å². The van der Waals surface area contributed by atoms with Crippen molar-refractivity contribution in [1.82, 2.24) is 10.6 Å². The third kappa shape index (κ3) is 4.17. The van der Waals surface area contributed by atoms with E-state index < -0.39 is 5.82 Å². The highest BCUT2D eigenvalue weighted by atomic mass is 35.5. The van der Waals surface area contributed by atoms with Crippen LogP contribution in [-0.4, -0.2) is 18.0 Å². The van der Waals surface area contributed by atoms with Gasteiger partial charge in [-0.25, -0.2) is 4.39 Å². The molecule has 23 heavy (non-hydrogen) atoms. The van der Waals surface area contributed by atoms with Crippen LogP contribution in [0.2, 0.25) is 5.02 Å². The molecule has 0 spiro atoms. The standard InChI is InChI=1S/C17H22ClFN2O.ClH/c1-10(11-6-7-14(19)13(18)8-11)20-17(22)16-9-12-4-2-3-5-15(12)21-16;/h6-8,10,12,15-16,21H,2-5,9H2,1H3,(H,20,22);1H. The molecule has 0 bridgehead atoms. The SMILES string of the molecule is CC(NC(=O)C1CC2CCCCC2N1)c1ccc(F)c(Cl)c1.Cl. The minimum Gasteiger partial charge on any atom is -0.348 e. The van der Waals surface area contributed by atoms with Crippen LogP contribution in [-0.2, 0) is 4.79 Å². The highest BCUT2D eigenvalue weighted by molar-refractivity contribution is 6.30. The molecule has 4 atom stereocenters. The number of rotatable bonds is 3. The van der Waals surface area contributed by atoms with E-state index in [0.717, 1.165) is 12.0 Å². The average molecular weight is 361 g/mol. The van der Waals surface area contributed by atoms with Gasteiger partial charge in [-0.1, -0.05) is 30.5 Å². The summed E-state index contributed by atoms with van der Waals surface area (Å²) < 4.78 is 13.2. The minimum atomic E-state index is -0.439. The third-order valence-electron chi connectivity index (χ3n) is 4.98. The van der Waals surface area contributed by atoms with Gasteiger partial charge in [0.05, 0.1) is 17.1 Å². The molecule has 1 heterocycles. The van der Waals surface area contributed by atoms with Gasteiger partial charge in [0, 0.05) is 6.04 Å². The molecule has 128 valence electrons. The molecule has 1 aliphatic carbocycles. The molecular weight excluding hydrogens is 338 g/mol. The summed E-state index contributed by atoms with van der Waals surface area (Å²) >= 11 is 5.80. The Morgan fingerprint density at radius 1 is 1.39 bits per heavy atom. The molecule has 1 aromatic rings. The van der Waals surface area contributed by atoms with Crippen molar-refractivity contribution in [2.24, 2.45) is 5.92 Å². The predicted octanol–water partition coefficient (Wildman–Crippen LogP) is 4.00. The summed E-state index contributed by atoms with van der Waals surface area (Å²) in [5, 5.41) is 6.57. The lowest BCUT2D eigenvalue weighted by molar-refractivity contribution is -0.123. The zero-order valence-corrected chi connectivity index (χ0v) is 14.7. The van der Waals surface area contributed by atoms with Crippen molar-refractivity contribution in [1.29, 1.82) is 0 Å². The number of carbonyl (C=O) groups excluding carboxylic acids is 1. The van der Waals surface area contributed by atoms with Gasteiger partial charge in [-0.05, 0) is 49.8 Å². The van der Waals surface area contributed by atoms with Crippen LogP contribution in [0.4, 0.5) is 4.39 Å². The van der Waals surface area contributed by atoms with Gasteiger partial charge in [-0.2, -0.15) is 0 Å². The van der Waals surface area contributed by atoms with E-state index in [1.54, 1.807) is 12.1 Å². The Labute approximate surface area is 147 Å². The molecule has 3 rings (SSSR count). The van der Waals surface area contributed by atoms with Crippen molar-refractivity contribution >= 4 is 29.9 Å². The Hall–Kier alpha value is -0.840. The number of halogens is 3. The fourth-order valence-electron chi connectivity index (χ4n) is 3.70. The molecule has 0 aromatic heterocycles. The summed E-state index contributed by atoms with van der Waals surface area (Å²) in [7, 11) is 0. The van der Waals surface area contributed by atoms with E-state index in [0.29, 0.717) is 12.0 Å². The van der Waals surface area contributed by atoms with E-state index in [1.165, 1.54) is 31.7 Å². The van der Waals surface area contributed by atoms with Gasteiger partial charge < -0.3 is 10.6 Å². The molecular formula is C17H23Cl2FN2O. The molecule has 2 N–H and O–H groups in total. The van der Waals surface area contributed by atoms with Crippen molar-refractivity contribution in [3.8, 4) is 0 Å². The van der Waals surface area contributed by atoms with Crippen molar-refractivity contribution in [3.63, 3.8) is 0 Å². The number of amides is 1. The van der Waals surface area contributed by atoms with E-state index in [2.05, 4.69) is 10.6 Å². The molecule has 1 aromatic carbocycles. The lowest BCUT2D eigenvalue weighted by Crippen LogP contribution is -2.43. The first-order valence-electron chi connectivity index (χ1n) is 8.06. The van der Waals surface area contributed by atoms with Crippen LogP contribution in [0.3, 0.4) is 0 Å². The van der Waals surface area contributed by atoms with E-state index in [-0.39, 0.29) is 35.4 Å². The van der Waals surface area contributed by atoms with Crippen LogP contribution >= 0.6 is 24.0 Å². The summed E-state index contributed by atoms with van der Waals surface area (Å²) in [6.07, 6.45) is 5.87. The Morgan fingerprint density at radius 2 is 2.13 bits per heavy atom. The quantitative estimate of drug-likeness (QED) is 0.855. The molecule has 2 fully saturated rings. The highest BCUT2D eigenvalue weighted by Crippen LogP contribution is 2.33. The number of benzene rings is 1. The second kappa shape index (κ2) is 7.82. The fourth-order valence-corrected chi connectivity index (χ4v) is 3.89. The van der Waals surface area contributed by atoms with Crippen molar-refractivity contribution in [2.75, 3.05) is 0 Å². The van der Waals surface area contributed by atoms with Crippen LogP contribution < -0.4 is 10.6 Å². The van der Waals surface area contributed by atoms with Gasteiger partial charge in [-0.3, -0.25) is 4.79 Å². The number of fused-ring (bicyclic) bond motifs is 1. The Morgan fingerprint density at radius 3 is 2.83 bits per heavy atom. The first-order chi connectivity index (χ1) is 10.5. The largest absolute Gasteiger partial charge is 0.348 e. The normalized spacial score (nSPS) is 27.7. The number of nitrogens with one attached hydrogen (secondary N) is 2. The molecule has 3 nitrogen and oxygen atoms in total. The van der Waals surface area contributed by atoms with Gasteiger partial charge in [0.2, 0.25) is 5.91 Å². The summed E-state index contributed by atoms with van der Waals surface area (Å²) in [6, 6.07) is 4.78. The average Bonchev–Trinajstić information content (AvgIpc) is 2.94. The van der Waals surface area contributed by atoms with Crippen LogP contribution in [0.15, 0.2) is 18.2 Å². The molecule has 2 aliphatic rings. The molecule has 1 aliphatic heterocycles. The molecule has 4 unspecified atom stereocenters. The number of hydrogen-bond donors (Lipinski definition) is 2. The smallest absolute Gasteiger partial charge is 0.237 e. The maximum absolute atomic E-state index is 13.2. The van der Waals surface area contributed by atoms with Gasteiger partial charge in [-0.15, -0.1) is 12.4 Å². The molecule has 0 radical (unpaired) electrons. The summed E-state index contributed by atoms with van der Waals surface area (Å²) in [5.41, 5.74) is 0.815. The first kappa shape index (κ1) is 18.5. The van der Waals surface area contributed by atoms with Gasteiger partial charge in [0.25, 0.3) is 0 Å². The maximum atomic E-state index is 13.2. The number of hydrogen-bond acceptors (Lipinski definition) is 2. The van der Waals surface area contributed by atoms with Crippen molar-refractivity contribution in [2.45, 2.75) is 57.2 Å². The topological polar surface area (TPSA) is 41.1 Å². The molecule has 1 saturated carbocycles. The Kier molecular flexibility index (Phi) is 6.29. The highest BCUT2D eigenvalue weighted by Gasteiger charge is 2.38. The second-order valence-electron chi connectivity index (χ2n) is 6.51. The van der Waals surface area contributed by atoms with Gasteiger partial charge >= 0.3 is 0 Å². The summed E-state index contributed by atoms with van der Waals surface area (Å²) in [4.78, 5) is 12.4. The van der Waals surface area contributed by atoms with Crippen molar-refractivity contribution in [3.05, 3.63) is 34.6 Å². The number of carbonyl (C=O) groups is 1.